The van der Waals surface area contributed by atoms with Gasteiger partial charge in [0, 0.05) is 51.8 Å². The lowest BCUT2D eigenvalue weighted by atomic mass is 10.1. The highest BCUT2D eigenvalue weighted by Gasteiger charge is 2.23. The number of hydrogen-bond acceptors (Lipinski definition) is 6. The summed E-state index contributed by atoms with van der Waals surface area (Å²) in [7, 11) is 6.59. The average molecular weight is 435 g/mol. The maximum absolute atomic E-state index is 11.1. The Hall–Kier alpha value is -2.48. The number of guanidine groups is 1. The molecule has 0 aliphatic carbocycles. The van der Waals surface area contributed by atoms with Crippen LogP contribution in [0.5, 0.6) is 11.5 Å². The number of unbranched alkanes of at least 4 members (excludes halogenated alkanes) is 3. The highest BCUT2D eigenvalue weighted by molar-refractivity contribution is 5.80. The zero-order valence-corrected chi connectivity index (χ0v) is 19.4. The van der Waals surface area contributed by atoms with Gasteiger partial charge in [-0.25, -0.2) is 0 Å². The summed E-state index contributed by atoms with van der Waals surface area (Å²) in [4.78, 5) is 17.9. The molecule has 8 nitrogen and oxygen atoms in total. The lowest BCUT2D eigenvalue weighted by Crippen LogP contribution is -2.44. The Morgan fingerprint density at radius 3 is 2.45 bits per heavy atom. The van der Waals surface area contributed by atoms with Gasteiger partial charge < -0.3 is 24.8 Å². The van der Waals surface area contributed by atoms with Gasteiger partial charge in [0.05, 0.1) is 21.3 Å². The van der Waals surface area contributed by atoms with E-state index in [0.717, 1.165) is 75.7 Å². The Morgan fingerprint density at radius 2 is 1.81 bits per heavy atom. The van der Waals surface area contributed by atoms with Crippen LogP contribution >= 0.6 is 0 Å². The Balaban J connectivity index is 1.67. The molecule has 2 N–H and O–H groups in total. The Kier molecular flexibility index (Phi) is 11.0. The minimum absolute atomic E-state index is 0.126. The van der Waals surface area contributed by atoms with Gasteiger partial charge in [-0.05, 0) is 37.0 Å². The van der Waals surface area contributed by atoms with Gasteiger partial charge in [-0.1, -0.05) is 12.8 Å². The number of likely N-dealkylation sites (tertiary alicyclic amines) is 1. The first-order chi connectivity index (χ1) is 15.1. The van der Waals surface area contributed by atoms with Crippen molar-refractivity contribution in [3.05, 3.63) is 23.8 Å². The van der Waals surface area contributed by atoms with E-state index in [1.54, 1.807) is 21.3 Å². The summed E-state index contributed by atoms with van der Waals surface area (Å²) in [6.45, 7) is 3.74. The quantitative estimate of drug-likeness (QED) is 0.226. The molecule has 1 saturated heterocycles. The van der Waals surface area contributed by atoms with Gasteiger partial charge in [-0.2, -0.15) is 0 Å². The molecule has 0 spiro atoms. The van der Waals surface area contributed by atoms with Crippen LogP contribution < -0.4 is 20.1 Å². The zero-order chi connectivity index (χ0) is 22.5. The molecule has 1 aliphatic rings. The van der Waals surface area contributed by atoms with Crippen LogP contribution in [0.1, 0.15) is 44.1 Å². The molecule has 1 heterocycles. The van der Waals surface area contributed by atoms with Gasteiger partial charge in [-0.15, -0.1) is 0 Å². The molecule has 31 heavy (non-hydrogen) atoms. The molecule has 1 aliphatic heterocycles. The number of aliphatic imine (C=N–C) groups is 1. The third-order valence-corrected chi connectivity index (χ3v) is 5.48. The monoisotopic (exact) mass is 434 g/mol. The molecule has 2 rings (SSSR count). The Bertz CT molecular complexity index is 689. The zero-order valence-electron chi connectivity index (χ0n) is 19.4. The third kappa shape index (κ3) is 9.04. The van der Waals surface area contributed by atoms with E-state index in [2.05, 4.69) is 37.4 Å². The van der Waals surface area contributed by atoms with Crippen molar-refractivity contribution in [2.24, 2.45) is 4.99 Å². The van der Waals surface area contributed by atoms with Crippen LogP contribution in [0.15, 0.2) is 23.2 Å². The van der Waals surface area contributed by atoms with Gasteiger partial charge >= 0.3 is 5.97 Å². The van der Waals surface area contributed by atoms with Crippen molar-refractivity contribution in [2.75, 3.05) is 48.0 Å². The van der Waals surface area contributed by atoms with Crippen molar-refractivity contribution < 1.29 is 19.0 Å². The smallest absolute Gasteiger partial charge is 0.305 e. The van der Waals surface area contributed by atoms with E-state index >= 15 is 0 Å². The summed E-state index contributed by atoms with van der Waals surface area (Å²) in [5, 5.41) is 6.94. The number of methoxy groups -OCH3 is 3. The van der Waals surface area contributed by atoms with Crippen LogP contribution in [0.25, 0.3) is 0 Å². The van der Waals surface area contributed by atoms with Crippen molar-refractivity contribution >= 4 is 11.9 Å². The first kappa shape index (κ1) is 24.8. The summed E-state index contributed by atoms with van der Waals surface area (Å²) in [6, 6.07) is 6.40. The third-order valence-electron chi connectivity index (χ3n) is 5.48. The highest BCUT2D eigenvalue weighted by Crippen LogP contribution is 2.24. The summed E-state index contributed by atoms with van der Waals surface area (Å²) < 4.78 is 15.4. The first-order valence-corrected chi connectivity index (χ1v) is 11.1. The molecule has 174 valence electrons. The fourth-order valence-corrected chi connectivity index (χ4v) is 3.75. The van der Waals surface area contributed by atoms with E-state index in [1.165, 1.54) is 12.7 Å². The van der Waals surface area contributed by atoms with Crippen LogP contribution in [-0.2, 0) is 16.1 Å². The minimum Gasteiger partial charge on any atom is -0.497 e. The number of carbonyl (C=O) groups excluding carboxylic acids is 1. The second-order valence-corrected chi connectivity index (χ2v) is 7.83. The van der Waals surface area contributed by atoms with Gasteiger partial charge in [0.1, 0.15) is 11.5 Å². The molecule has 1 fully saturated rings. The predicted molar refractivity (Wildman–Crippen MR) is 123 cm³/mol. The van der Waals surface area contributed by atoms with Crippen molar-refractivity contribution in [1.29, 1.82) is 0 Å². The van der Waals surface area contributed by atoms with Crippen LogP contribution in [0.2, 0.25) is 0 Å². The standard InChI is InChI=1S/C23H38N4O4/c1-24-23(25-11-8-6-5-7-9-22(28)31-4)26-19-10-12-27(17-19)16-18-13-20(29-2)15-21(14-18)30-3/h13-15,19H,5-12,16-17H2,1-4H3,(H2,24,25,26). The molecular weight excluding hydrogens is 396 g/mol. The lowest BCUT2D eigenvalue weighted by molar-refractivity contribution is -0.140. The number of esters is 1. The second-order valence-electron chi connectivity index (χ2n) is 7.83. The maximum atomic E-state index is 11.1. The molecule has 8 heteroatoms. The summed E-state index contributed by atoms with van der Waals surface area (Å²) >= 11 is 0. The van der Waals surface area contributed by atoms with Crippen molar-refractivity contribution in [3.63, 3.8) is 0 Å². The van der Waals surface area contributed by atoms with E-state index in [1.807, 2.05) is 6.07 Å². The maximum Gasteiger partial charge on any atom is 0.305 e. The molecule has 0 amide bonds. The molecule has 0 saturated carbocycles. The van der Waals surface area contributed by atoms with Crippen LogP contribution in [0, 0.1) is 0 Å². The first-order valence-electron chi connectivity index (χ1n) is 11.1. The number of ether oxygens (including phenoxy) is 3. The SMILES string of the molecule is CN=C(NCCCCCCC(=O)OC)NC1CCN(Cc2cc(OC)cc(OC)c2)C1. The highest BCUT2D eigenvalue weighted by atomic mass is 16.5. The van der Waals surface area contributed by atoms with Crippen LogP contribution in [0.4, 0.5) is 0 Å². The van der Waals surface area contributed by atoms with E-state index in [4.69, 9.17) is 9.47 Å². The van der Waals surface area contributed by atoms with E-state index in [0.29, 0.717) is 12.5 Å². The number of nitrogens with zero attached hydrogens (tertiary/aromatic N) is 2. The van der Waals surface area contributed by atoms with Gasteiger partial charge in [0.2, 0.25) is 0 Å². The van der Waals surface area contributed by atoms with Gasteiger partial charge in [0.15, 0.2) is 5.96 Å². The normalized spacial score (nSPS) is 16.8. The Morgan fingerprint density at radius 1 is 1.10 bits per heavy atom. The van der Waals surface area contributed by atoms with Crippen molar-refractivity contribution in [1.82, 2.24) is 15.5 Å². The van der Waals surface area contributed by atoms with E-state index in [-0.39, 0.29) is 5.97 Å². The topological polar surface area (TPSA) is 84.4 Å². The fourth-order valence-electron chi connectivity index (χ4n) is 3.75. The molecule has 1 atom stereocenters. The lowest BCUT2D eigenvalue weighted by Gasteiger charge is -2.19. The predicted octanol–water partition coefficient (Wildman–Crippen LogP) is 2.57. The van der Waals surface area contributed by atoms with Gasteiger partial charge in [-0.3, -0.25) is 14.7 Å². The van der Waals surface area contributed by atoms with Crippen LogP contribution in [-0.4, -0.2) is 70.9 Å². The largest absolute Gasteiger partial charge is 0.497 e. The van der Waals surface area contributed by atoms with Gasteiger partial charge in [0.25, 0.3) is 0 Å². The fraction of sp³-hybridized carbons (Fsp3) is 0.652. The second kappa shape index (κ2) is 13.7. The number of nitrogens with one attached hydrogen (secondary N) is 2. The molecule has 0 bridgehead atoms. The summed E-state index contributed by atoms with van der Waals surface area (Å²) in [5.74, 6) is 2.36. The van der Waals surface area contributed by atoms with Crippen molar-refractivity contribution in [3.8, 4) is 11.5 Å². The number of hydrogen-bond donors (Lipinski definition) is 2. The summed E-state index contributed by atoms with van der Waals surface area (Å²) in [5.41, 5.74) is 1.19. The molecule has 0 aromatic heterocycles. The Labute approximate surface area is 186 Å². The molecule has 1 aromatic rings. The molecular formula is C23H38N4O4. The van der Waals surface area contributed by atoms with Crippen molar-refractivity contribution in [2.45, 2.75) is 51.1 Å². The van der Waals surface area contributed by atoms with Crippen LogP contribution in [0.3, 0.4) is 0 Å². The summed E-state index contributed by atoms with van der Waals surface area (Å²) in [6.07, 6.45) is 5.65. The average Bonchev–Trinajstić information content (AvgIpc) is 3.23. The number of carbonyl (C=O) groups is 1. The van der Waals surface area contributed by atoms with E-state index < -0.39 is 0 Å². The molecule has 1 unspecified atom stereocenters. The molecule has 0 radical (unpaired) electrons. The molecule has 1 aromatic carbocycles. The number of rotatable bonds is 12. The number of benzene rings is 1. The van der Waals surface area contributed by atoms with E-state index in [9.17, 15) is 4.79 Å². The minimum atomic E-state index is -0.126.